The maximum atomic E-state index is 2.29. The molecule has 21 heavy (non-hydrogen) atoms. The Labute approximate surface area is 159 Å². The predicted molar refractivity (Wildman–Crippen MR) is 105 cm³/mol. The Hall–Kier alpha value is 1.35. The largest absolute Gasteiger partial charge is 1.00 e. The van der Waals surface area contributed by atoms with Crippen molar-refractivity contribution in [2.45, 2.75) is 84.0 Å². The molecule has 0 saturated carbocycles. The van der Waals surface area contributed by atoms with E-state index in [-0.39, 0.29) is 43.9 Å². The van der Waals surface area contributed by atoms with Crippen LogP contribution in [0.25, 0.3) is 0 Å². The van der Waals surface area contributed by atoms with E-state index < -0.39 is 0 Å². The third-order valence-electron chi connectivity index (χ3n) is 3.68. The molecular weight excluding hydrogens is 409 g/mol. The van der Waals surface area contributed by atoms with Gasteiger partial charge in [0.2, 0.25) is 0 Å². The second kappa shape index (κ2) is 21.4. The lowest BCUT2D eigenvalue weighted by atomic mass is 10.1. The van der Waals surface area contributed by atoms with Crippen molar-refractivity contribution in [1.82, 2.24) is 0 Å². The Balaban J connectivity index is -0.000000482. The Kier molecular flexibility index (Phi) is 30.8. The molecule has 4 heteroatoms. The molecule has 0 fully saturated rings. The molecule has 0 aliphatic carbocycles. The molecule has 1 unspecified atom stereocenters. The van der Waals surface area contributed by atoms with Crippen molar-refractivity contribution in [3.05, 3.63) is 0 Å². The first-order valence-electron chi connectivity index (χ1n) is 8.36. The molecule has 0 aliphatic heterocycles. The van der Waals surface area contributed by atoms with E-state index in [4.69, 9.17) is 0 Å². The number of hydrogen-bond donors (Lipinski definition) is 0. The van der Waals surface area contributed by atoms with E-state index in [0.29, 0.717) is 0 Å². The molecule has 0 aromatic carbocycles. The Morgan fingerprint density at radius 2 is 0.857 bits per heavy atom. The number of quaternary nitrogens is 1. The molecule has 134 valence electrons. The third kappa shape index (κ3) is 29.9. The van der Waals surface area contributed by atoms with Gasteiger partial charge in [0, 0.05) is 0 Å². The lowest BCUT2D eigenvalue weighted by Gasteiger charge is -2.23. The van der Waals surface area contributed by atoms with Crippen molar-refractivity contribution in [2.75, 3.05) is 27.7 Å². The van der Waals surface area contributed by atoms with Crippen molar-refractivity contribution in [3.8, 4) is 0 Å². The van der Waals surface area contributed by atoms with Crippen molar-refractivity contribution in [3.63, 3.8) is 0 Å². The molecule has 1 nitrogen and oxygen atoms in total. The summed E-state index contributed by atoms with van der Waals surface area (Å²) in [6.07, 6.45) is 17.4. The van der Waals surface area contributed by atoms with E-state index in [9.17, 15) is 0 Å². The number of rotatable bonds is 13. The average molecular weight is 451 g/mol. The van der Waals surface area contributed by atoms with Crippen LogP contribution in [0.15, 0.2) is 0 Å². The van der Waals surface area contributed by atoms with Gasteiger partial charge in [0.15, 0.2) is 0 Å². The first-order valence-corrected chi connectivity index (χ1v) is 8.36. The summed E-state index contributed by atoms with van der Waals surface area (Å²) >= 11 is 0. The molecule has 0 rings (SSSR count). The summed E-state index contributed by atoms with van der Waals surface area (Å²) in [6, 6.07) is 0. The van der Waals surface area contributed by atoms with Gasteiger partial charge in [-0.25, -0.2) is 0 Å². The highest BCUT2D eigenvalue weighted by atomic mass is 79.9. The van der Waals surface area contributed by atoms with Gasteiger partial charge in [-0.1, -0.05) is 71.1 Å². The van der Waals surface area contributed by atoms with Crippen LogP contribution >= 0.6 is 26.9 Å². The van der Waals surface area contributed by atoms with Crippen LogP contribution in [-0.4, -0.2) is 32.2 Å². The van der Waals surface area contributed by atoms with Crippen LogP contribution in [0, 0.1) is 0 Å². The summed E-state index contributed by atoms with van der Waals surface area (Å²) in [5.74, 6) is 0. The maximum absolute atomic E-state index is 2.29. The highest BCUT2D eigenvalue weighted by Crippen LogP contribution is 2.12. The SMILES string of the molecule is Br.CCCCCCCCCCCCCC[N+](C)(C)C.P.[Br-]. The Morgan fingerprint density at radius 1 is 0.571 bits per heavy atom. The minimum atomic E-state index is 0. The van der Waals surface area contributed by atoms with Crippen molar-refractivity contribution >= 4 is 26.9 Å². The Morgan fingerprint density at radius 3 is 1.14 bits per heavy atom. The smallest absolute Gasteiger partial charge is 0.0780 e. The number of halogens is 2. The van der Waals surface area contributed by atoms with Crippen LogP contribution in [0.2, 0.25) is 0 Å². The van der Waals surface area contributed by atoms with Crippen LogP contribution in [0.1, 0.15) is 84.0 Å². The quantitative estimate of drug-likeness (QED) is 0.230. The standard InChI is InChI=1S/C17H38N.2BrH.H3P/c1-5-6-7-8-9-10-11-12-13-14-15-16-17-18(2,3)4;;;/h5-17H2,1-4H3;2*1H;1H3/q+1;;;/p-1. The number of unbranched alkanes of at least 4 members (excludes halogenated alkanes) is 11. The van der Waals surface area contributed by atoms with E-state index in [1.54, 1.807) is 0 Å². The first kappa shape index (κ1) is 30.3. The molecule has 0 heterocycles. The van der Waals surface area contributed by atoms with Gasteiger partial charge in [0.05, 0.1) is 27.7 Å². The van der Waals surface area contributed by atoms with Gasteiger partial charge < -0.3 is 21.5 Å². The van der Waals surface area contributed by atoms with Crippen LogP contribution in [0.4, 0.5) is 0 Å². The minimum Gasteiger partial charge on any atom is -1.00 e. The summed E-state index contributed by atoms with van der Waals surface area (Å²) in [5, 5.41) is 0. The monoisotopic (exact) mass is 449 g/mol. The van der Waals surface area contributed by atoms with Crippen LogP contribution in [0.5, 0.6) is 0 Å². The summed E-state index contributed by atoms with van der Waals surface area (Å²) in [5.41, 5.74) is 0. The first-order chi connectivity index (χ1) is 8.56. The molecular formula is C17H42Br2NP. The van der Waals surface area contributed by atoms with E-state index in [0.717, 1.165) is 4.48 Å². The number of nitrogens with zero attached hydrogens (tertiary/aromatic N) is 1. The highest BCUT2D eigenvalue weighted by molar-refractivity contribution is 8.93. The van der Waals surface area contributed by atoms with Crippen LogP contribution in [-0.2, 0) is 0 Å². The van der Waals surface area contributed by atoms with Gasteiger partial charge in [-0.15, -0.1) is 17.0 Å². The van der Waals surface area contributed by atoms with Gasteiger partial charge in [-0.3, -0.25) is 0 Å². The van der Waals surface area contributed by atoms with Gasteiger partial charge in [-0.2, -0.15) is 9.90 Å². The van der Waals surface area contributed by atoms with E-state index in [1.165, 1.54) is 83.6 Å². The van der Waals surface area contributed by atoms with Crippen LogP contribution in [0.3, 0.4) is 0 Å². The lowest BCUT2D eigenvalue weighted by molar-refractivity contribution is -0.870. The van der Waals surface area contributed by atoms with E-state index in [1.807, 2.05) is 0 Å². The summed E-state index contributed by atoms with van der Waals surface area (Å²) in [7, 11) is 6.87. The summed E-state index contributed by atoms with van der Waals surface area (Å²) in [4.78, 5) is 0. The molecule has 0 aromatic heterocycles. The van der Waals surface area contributed by atoms with Crippen molar-refractivity contribution < 1.29 is 21.5 Å². The lowest BCUT2D eigenvalue weighted by Crippen LogP contribution is -3.00. The minimum absolute atomic E-state index is 0. The molecule has 1 atom stereocenters. The van der Waals surface area contributed by atoms with Gasteiger partial charge in [0.25, 0.3) is 0 Å². The zero-order valence-corrected chi connectivity index (χ0v) is 19.8. The molecule has 0 aliphatic rings. The fourth-order valence-electron chi connectivity index (χ4n) is 2.43. The average Bonchev–Trinajstić information content (AvgIpc) is 2.29. The van der Waals surface area contributed by atoms with Gasteiger partial charge in [-0.05, 0) is 12.8 Å². The second-order valence-corrected chi connectivity index (χ2v) is 6.90. The van der Waals surface area contributed by atoms with Gasteiger partial charge in [0.1, 0.15) is 0 Å². The molecule has 0 N–H and O–H groups in total. The zero-order valence-electron chi connectivity index (χ0n) is 15.1. The van der Waals surface area contributed by atoms with E-state index >= 15 is 0 Å². The summed E-state index contributed by atoms with van der Waals surface area (Å²) < 4.78 is 1.12. The fourth-order valence-corrected chi connectivity index (χ4v) is 2.43. The van der Waals surface area contributed by atoms with Gasteiger partial charge >= 0.3 is 0 Å². The highest BCUT2D eigenvalue weighted by Gasteiger charge is 2.04. The molecule has 0 spiro atoms. The second-order valence-electron chi connectivity index (χ2n) is 6.90. The molecule has 0 bridgehead atoms. The van der Waals surface area contributed by atoms with Crippen molar-refractivity contribution in [1.29, 1.82) is 0 Å². The molecule has 0 amide bonds. The van der Waals surface area contributed by atoms with Crippen molar-refractivity contribution in [2.24, 2.45) is 0 Å². The fraction of sp³-hybridized carbons (Fsp3) is 1.00. The molecule has 0 radical (unpaired) electrons. The Bertz CT molecular complexity index is 173. The van der Waals surface area contributed by atoms with Crippen LogP contribution < -0.4 is 17.0 Å². The topological polar surface area (TPSA) is 0 Å². The molecule has 0 saturated heterocycles. The predicted octanol–water partition coefficient (Wildman–Crippen LogP) is 3.03. The normalized spacial score (nSPS) is 10.3. The molecule has 0 aromatic rings. The van der Waals surface area contributed by atoms with E-state index in [2.05, 4.69) is 28.1 Å². The maximum Gasteiger partial charge on any atom is 0.0780 e. The zero-order chi connectivity index (χ0) is 13.7. The third-order valence-corrected chi connectivity index (χ3v) is 3.68. The summed E-state index contributed by atoms with van der Waals surface area (Å²) in [6.45, 7) is 3.62. The number of hydrogen-bond acceptors (Lipinski definition) is 0.